The van der Waals surface area contributed by atoms with Crippen LogP contribution in [0.4, 0.5) is 0 Å². The van der Waals surface area contributed by atoms with Crippen LogP contribution in [0.2, 0.25) is 15.1 Å². The lowest BCUT2D eigenvalue weighted by atomic mass is 10.1. The first-order valence-corrected chi connectivity index (χ1v) is 9.02. The van der Waals surface area contributed by atoms with Crippen molar-refractivity contribution >= 4 is 52.5 Å². The first kappa shape index (κ1) is 21.3. The third kappa shape index (κ3) is 4.46. The number of aromatic nitrogens is 1. The van der Waals surface area contributed by atoms with Crippen LogP contribution in [0.15, 0.2) is 12.1 Å². The number of esters is 2. The largest absolute Gasteiger partial charge is 0.462 e. The first-order valence-electron chi connectivity index (χ1n) is 7.89. The number of hydrogen-bond donors (Lipinski definition) is 1. The lowest BCUT2D eigenvalue weighted by molar-refractivity contribution is 0.0472. The molecule has 0 bridgehead atoms. The number of ether oxygens (including phenoxy) is 2. The first-order chi connectivity index (χ1) is 12.7. The highest BCUT2D eigenvalue weighted by atomic mass is 35.5. The molecule has 0 atom stereocenters. The Kier molecular flexibility index (Phi) is 6.92. The van der Waals surface area contributed by atoms with Crippen LogP contribution in [0, 0.1) is 13.8 Å². The van der Waals surface area contributed by atoms with Gasteiger partial charge in [0.05, 0.1) is 38.5 Å². The highest BCUT2D eigenvalue weighted by molar-refractivity contribution is 6.46. The predicted molar refractivity (Wildman–Crippen MR) is 102 cm³/mol. The summed E-state index contributed by atoms with van der Waals surface area (Å²) in [6.45, 7) is 4.59. The van der Waals surface area contributed by atoms with Gasteiger partial charge in [-0.15, -0.1) is 0 Å². The monoisotopic (exact) mass is 431 g/mol. The number of ketones is 1. The highest BCUT2D eigenvalue weighted by Gasteiger charge is 2.25. The Balaban J connectivity index is 2.18. The fraction of sp³-hybridized carbons (Fsp3) is 0.278. The number of halogens is 3. The Hall–Kier alpha value is -2.02. The van der Waals surface area contributed by atoms with Gasteiger partial charge < -0.3 is 14.5 Å². The number of rotatable bonds is 6. The molecule has 2 aromatic rings. The minimum absolute atomic E-state index is 0.0540. The Morgan fingerprint density at radius 2 is 1.56 bits per heavy atom. The second-order valence-electron chi connectivity index (χ2n) is 5.56. The van der Waals surface area contributed by atoms with Gasteiger partial charge in [0.2, 0.25) is 5.78 Å². The number of H-pyrrole nitrogens is 1. The molecule has 144 valence electrons. The van der Waals surface area contributed by atoms with E-state index in [0.29, 0.717) is 11.3 Å². The van der Waals surface area contributed by atoms with E-state index in [9.17, 15) is 14.4 Å². The molecule has 2 rings (SSSR count). The molecule has 6 nitrogen and oxygen atoms in total. The Labute approximate surface area is 170 Å². The summed E-state index contributed by atoms with van der Waals surface area (Å²) >= 11 is 17.8. The van der Waals surface area contributed by atoms with Crippen LogP contribution < -0.4 is 0 Å². The summed E-state index contributed by atoms with van der Waals surface area (Å²) in [5, 5.41) is 0.130. The molecule has 1 N–H and O–H groups in total. The van der Waals surface area contributed by atoms with E-state index in [4.69, 9.17) is 44.3 Å². The number of carbonyl (C=O) groups is 3. The van der Waals surface area contributed by atoms with E-state index in [1.807, 2.05) is 0 Å². The van der Waals surface area contributed by atoms with E-state index in [2.05, 4.69) is 4.98 Å². The molecule has 9 heteroatoms. The lowest BCUT2D eigenvalue weighted by Gasteiger charge is -2.08. The van der Waals surface area contributed by atoms with Gasteiger partial charge in [-0.2, -0.15) is 0 Å². The summed E-state index contributed by atoms with van der Waals surface area (Å²) < 4.78 is 10.00. The second-order valence-corrected chi connectivity index (χ2v) is 6.76. The fourth-order valence-electron chi connectivity index (χ4n) is 2.53. The van der Waals surface area contributed by atoms with Crippen molar-refractivity contribution in [3.8, 4) is 0 Å². The van der Waals surface area contributed by atoms with Crippen molar-refractivity contribution < 1.29 is 23.9 Å². The number of aryl methyl sites for hydroxylation is 1. The van der Waals surface area contributed by atoms with Crippen molar-refractivity contribution in [2.75, 3.05) is 13.2 Å². The molecule has 1 aromatic carbocycles. The van der Waals surface area contributed by atoms with Crippen LogP contribution >= 0.6 is 34.8 Å². The minimum Gasteiger partial charge on any atom is -0.462 e. The summed E-state index contributed by atoms with van der Waals surface area (Å²) in [6.07, 6.45) is 0. The molecule has 0 aliphatic carbocycles. The summed E-state index contributed by atoms with van der Waals surface area (Å²) in [4.78, 5) is 39.5. The molecule has 1 heterocycles. The summed E-state index contributed by atoms with van der Waals surface area (Å²) in [5.74, 6) is -1.93. The normalized spacial score (nSPS) is 10.6. The fourth-order valence-corrected chi connectivity index (χ4v) is 3.21. The zero-order valence-electron chi connectivity index (χ0n) is 14.7. The molecule has 0 radical (unpaired) electrons. The average Bonchev–Trinajstić information content (AvgIpc) is 2.91. The maximum Gasteiger partial charge on any atom is 0.341 e. The van der Waals surface area contributed by atoms with Gasteiger partial charge >= 0.3 is 11.9 Å². The zero-order valence-corrected chi connectivity index (χ0v) is 17.0. The minimum atomic E-state index is -0.882. The van der Waals surface area contributed by atoms with Crippen molar-refractivity contribution in [3.05, 3.63) is 55.3 Å². The van der Waals surface area contributed by atoms with Crippen molar-refractivity contribution in [1.29, 1.82) is 0 Å². The van der Waals surface area contributed by atoms with E-state index >= 15 is 0 Å². The number of aromatic amines is 1. The van der Waals surface area contributed by atoms with Gasteiger partial charge in [-0.25, -0.2) is 9.59 Å². The number of benzene rings is 1. The van der Waals surface area contributed by atoms with Crippen LogP contribution in [0.3, 0.4) is 0 Å². The molecular weight excluding hydrogens is 417 g/mol. The Morgan fingerprint density at radius 3 is 2.19 bits per heavy atom. The summed E-state index contributed by atoms with van der Waals surface area (Å²) in [5.41, 5.74) is 1.23. The van der Waals surface area contributed by atoms with Gasteiger partial charge in [0.1, 0.15) is 0 Å². The number of nitrogens with one attached hydrogen (secondary N) is 1. The maximum absolute atomic E-state index is 12.4. The summed E-state index contributed by atoms with van der Waals surface area (Å²) in [6, 6.07) is 2.84. The van der Waals surface area contributed by atoms with Crippen LogP contribution in [-0.2, 0) is 9.47 Å². The molecule has 0 unspecified atom stereocenters. The number of hydrogen-bond acceptors (Lipinski definition) is 5. The van der Waals surface area contributed by atoms with Gasteiger partial charge in [-0.05, 0) is 38.5 Å². The molecule has 0 saturated carbocycles. The quantitative estimate of drug-likeness (QED) is 0.402. The molecule has 0 fully saturated rings. The van der Waals surface area contributed by atoms with Gasteiger partial charge in [0, 0.05) is 5.69 Å². The van der Waals surface area contributed by atoms with E-state index in [-0.39, 0.29) is 38.5 Å². The molecule has 1 aromatic heterocycles. The molecule has 0 aliphatic heterocycles. The maximum atomic E-state index is 12.4. The number of Topliss-reactive ketones (excluding diaryl/α,β-unsaturated/α-hetero) is 1. The third-order valence-electron chi connectivity index (χ3n) is 3.78. The standard InChI is InChI=1S/C18H16Cl3NO5/c1-4-26-17(24)13-8(2)16(22-9(13)3)12(23)7-27-18(25)14-10(19)5-6-11(20)15(14)21/h5-6,22H,4,7H2,1-3H3. The van der Waals surface area contributed by atoms with Gasteiger partial charge in [0.15, 0.2) is 6.61 Å². The molecule has 27 heavy (non-hydrogen) atoms. The zero-order chi connectivity index (χ0) is 20.3. The Morgan fingerprint density at radius 1 is 0.963 bits per heavy atom. The Bertz CT molecular complexity index is 920. The van der Waals surface area contributed by atoms with Crippen LogP contribution in [0.5, 0.6) is 0 Å². The predicted octanol–water partition coefficient (Wildman–Crippen LogP) is 4.81. The molecule has 0 aliphatic rings. The van der Waals surface area contributed by atoms with Crippen molar-refractivity contribution in [2.45, 2.75) is 20.8 Å². The van der Waals surface area contributed by atoms with Crippen LogP contribution in [-0.4, -0.2) is 35.9 Å². The molecular formula is C18H16Cl3NO5. The summed E-state index contributed by atoms with van der Waals surface area (Å²) in [7, 11) is 0. The van der Waals surface area contributed by atoms with E-state index in [0.717, 1.165) is 0 Å². The molecule has 0 amide bonds. The number of carbonyl (C=O) groups excluding carboxylic acids is 3. The average molecular weight is 433 g/mol. The lowest BCUT2D eigenvalue weighted by Crippen LogP contribution is -2.16. The van der Waals surface area contributed by atoms with Crippen molar-refractivity contribution in [3.63, 3.8) is 0 Å². The van der Waals surface area contributed by atoms with Crippen LogP contribution in [0.1, 0.15) is 49.4 Å². The van der Waals surface area contributed by atoms with E-state index in [1.165, 1.54) is 12.1 Å². The smallest absolute Gasteiger partial charge is 0.341 e. The van der Waals surface area contributed by atoms with Crippen molar-refractivity contribution in [1.82, 2.24) is 4.98 Å². The SMILES string of the molecule is CCOC(=O)c1c(C)[nH]c(C(=O)COC(=O)c2c(Cl)ccc(Cl)c2Cl)c1C. The molecule has 0 spiro atoms. The van der Waals surface area contributed by atoms with Gasteiger partial charge in [0.25, 0.3) is 0 Å². The topological polar surface area (TPSA) is 85.5 Å². The van der Waals surface area contributed by atoms with Crippen molar-refractivity contribution in [2.24, 2.45) is 0 Å². The second kappa shape index (κ2) is 8.78. The van der Waals surface area contributed by atoms with Gasteiger partial charge in [-0.3, -0.25) is 4.79 Å². The third-order valence-corrected chi connectivity index (χ3v) is 4.90. The highest BCUT2D eigenvalue weighted by Crippen LogP contribution is 2.32. The van der Waals surface area contributed by atoms with E-state index < -0.39 is 24.3 Å². The van der Waals surface area contributed by atoms with E-state index in [1.54, 1.807) is 20.8 Å². The van der Waals surface area contributed by atoms with Gasteiger partial charge in [-0.1, -0.05) is 34.8 Å². The molecule has 0 saturated heterocycles. The van der Waals surface area contributed by atoms with Crippen LogP contribution in [0.25, 0.3) is 0 Å².